The summed E-state index contributed by atoms with van der Waals surface area (Å²) in [7, 11) is 0. The van der Waals surface area contributed by atoms with E-state index in [4.69, 9.17) is 13.1 Å². The molecule has 4 nitrogen and oxygen atoms in total. The van der Waals surface area contributed by atoms with Crippen molar-refractivity contribution in [3.05, 3.63) is 67.3 Å². The van der Waals surface area contributed by atoms with Gasteiger partial charge >= 0.3 is 5.82 Å². The fourth-order valence-electron chi connectivity index (χ4n) is 5.80. The summed E-state index contributed by atoms with van der Waals surface area (Å²) in [5, 5.41) is 23.9. The van der Waals surface area contributed by atoms with Gasteiger partial charge in [-0.1, -0.05) is 78.1 Å². The number of nitrogens with zero attached hydrogens (tertiary/aromatic N) is 4. The van der Waals surface area contributed by atoms with Crippen LogP contribution in [0, 0.1) is 35.8 Å². The molecule has 0 bridgehead atoms. The van der Waals surface area contributed by atoms with E-state index in [9.17, 15) is 10.5 Å². The Balaban J connectivity index is 1.91. The molecule has 0 spiro atoms. The Hall–Kier alpha value is -3.68. The van der Waals surface area contributed by atoms with Crippen LogP contribution in [0.15, 0.2) is 24.3 Å². The number of rotatable bonds is 14. The van der Waals surface area contributed by atoms with Crippen molar-refractivity contribution in [2.45, 2.75) is 104 Å². The number of aryl methyl sites for hydroxylation is 2. The van der Waals surface area contributed by atoms with Crippen LogP contribution in [0.25, 0.3) is 52.0 Å². The van der Waals surface area contributed by atoms with E-state index in [0.717, 1.165) is 65.7 Å². The lowest BCUT2D eigenvalue weighted by atomic mass is 9.94. The topological polar surface area (TPSA) is 56.3 Å². The molecule has 0 radical (unpaired) electrons. The van der Waals surface area contributed by atoms with Crippen LogP contribution in [0.3, 0.4) is 0 Å². The van der Waals surface area contributed by atoms with E-state index in [1.807, 2.05) is 0 Å². The fourth-order valence-corrected chi connectivity index (χ4v) is 8.13. The van der Waals surface area contributed by atoms with Gasteiger partial charge in [0.15, 0.2) is 0 Å². The summed E-state index contributed by atoms with van der Waals surface area (Å²) < 4.78 is 3.74. The van der Waals surface area contributed by atoms with Crippen LogP contribution < -0.4 is 9.06 Å². The Kier molecular flexibility index (Phi) is 11.6. The quantitative estimate of drug-likeness (QED) is 0.108. The molecular weight excluding hydrogens is 553 g/mol. The first kappa shape index (κ1) is 31.3. The number of nitriles is 2. The third kappa shape index (κ3) is 7.02. The van der Waals surface area contributed by atoms with Gasteiger partial charge in [0.05, 0.1) is 4.53 Å². The van der Waals surface area contributed by atoms with Crippen molar-refractivity contribution in [2.24, 2.45) is 0 Å². The molecule has 2 aromatic carbocycles. The van der Waals surface area contributed by atoms with Crippen molar-refractivity contribution in [3.63, 3.8) is 0 Å². The molecule has 2 heterocycles. The van der Waals surface area contributed by atoms with E-state index in [2.05, 4.69) is 59.9 Å². The first-order valence-electron chi connectivity index (χ1n) is 15.3. The maximum absolute atomic E-state index is 9.64. The highest BCUT2D eigenvalue weighted by atomic mass is 32.1. The van der Waals surface area contributed by atoms with Crippen LogP contribution in [-0.2, 0) is 12.8 Å². The molecule has 4 rings (SSSR count). The van der Waals surface area contributed by atoms with Crippen molar-refractivity contribution >= 4 is 65.0 Å². The van der Waals surface area contributed by atoms with Gasteiger partial charge in [-0.3, -0.25) is 0 Å². The maximum atomic E-state index is 9.64. The number of benzene rings is 2. The highest BCUT2D eigenvalue weighted by Crippen LogP contribution is 2.39. The molecule has 4 aromatic rings. The molecular formula is C36H38N4S2. The predicted octanol–water partition coefficient (Wildman–Crippen LogP) is 10.2. The number of hydrogen-bond donors (Lipinski definition) is 0. The lowest BCUT2D eigenvalue weighted by Crippen LogP contribution is -1.95. The largest absolute Gasteiger partial charge is 0.536 e. The molecule has 0 unspecified atom stereocenters. The average molecular weight is 591 g/mol. The van der Waals surface area contributed by atoms with Crippen LogP contribution >= 0.6 is 22.7 Å². The second-order valence-electron chi connectivity index (χ2n) is 11.1. The Morgan fingerprint density at radius 2 is 1.05 bits per heavy atom. The van der Waals surface area contributed by atoms with Gasteiger partial charge in [-0.2, -0.15) is 20.2 Å². The first-order valence-corrected chi connectivity index (χ1v) is 17.0. The van der Waals surface area contributed by atoms with Gasteiger partial charge in [-0.05, 0) is 71.8 Å². The van der Waals surface area contributed by atoms with Crippen LogP contribution in [0.4, 0.5) is 0 Å². The molecule has 0 atom stereocenters. The van der Waals surface area contributed by atoms with Crippen LogP contribution in [0.5, 0.6) is 0 Å². The van der Waals surface area contributed by atoms with E-state index in [1.54, 1.807) is 22.7 Å². The van der Waals surface area contributed by atoms with Gasteiger partial charge in [-0.25, -0.2) is 0 Å². The molecule has 0 aliphatic carbocycles. The molecule has 214 valence electrons. The van der Waals surface area contributed by atoms with Crippen molar-refractivity contribution in [3.8, 4) is 12.1 Å². The van der Waals surface area contributed by atoms with Gasteiger partial charge in [0, 0.05) is 20.2 Å². The monoisotopic (exact) mass is 590 g/mol. The Bertz CT molecular complexity index is 1690. The van der Waals surface area contributed by atoms with Crippen LogP contribution in [0.2, 0.25) is 0 Å². The molecule has 42 heavy (non-hydrogen) atoms. The lowest BCUT2D eigenvalue weighted by molar-refractivity contribution is 0.608. The van der Waals surface area contributed by atoms with Crippen molar-refractivity contribution in [1.82, 2.24) is 0 Å². The van der Waals surface area contributed by atoms with E-state index in [0.29, 0.717) is 0 Å². The second kappa shape index (κ2) is 15.5. The molecule has 0 amide bonds. The highest BCUT2D eigenvalue weighted by Gasteiger charge is 2.18. The average Bonchev–Trinajstić information content (AvgIpc) is 3.64. The minimum atomic E-state index is 0.129. The summed E-state index contributed by atoms with van der Waals surface area (Å²) in [4.78, 5) is 7.05. The van der Waals surface area contributed by atoms with Crippen molar-refractivity contribution in [1.29, 1.82) is 10.5 Å². The second-order valence-corrected chi connectivity index (χ2v) is 13.2. The minimum absolute atomic E-state index is 0.129. The molecule has 0 aliphatic heterocycles. The summed E-state index contributed by atoms with van der Waals surface area (Å²) in [6, 6.07) is 12.9. The first-order chi connectivity index (χ1) is 20.6. The SMILES string of the molecule is [C-]#[N+]C([N+]#[C-])=c1cc2c(CCCCCCCC)cc3c(cc(CCCCCCCC)c4cc(=C(C#N)C#N)sc43)c2s1. The van der Waals surface area contributed by atoms with E-state index >= 15 is 0 Å². The van der Waals surface area contributed by atoms with Gasteiger partial charge in [0.25, 0.3) is 0 Å². The Morgan fingerprint density at radius 1 is 0.619 bits per heavy atom. The fraction of sp³-hybridized carbons (Fsp3) is 0.444. The zero-order valence-electron chi connectivity index (χ0n) is 24.8. The highest BCUT2D eigenvalue weighted by molar-refractivity contribution is 7.19. The van der Waals surface area contributed by atoms with E-state index in [1.165, 1.54) is 75.3 Å². The van der Waals surface area contributed by atoms with E-state index < -0.39 is 0 Å². The number of unbranched alkanes of at least 4 members (excludes halogenated alkanes) is 10. The van der Waals surface area contributed by atoms with Gasteiger partial charge in [0.2, 0.25) is 0 Å². The molecule has 0 saturated carbocycles. The molecule has 0 fully saturated rings. The zero-order valence-corrected chi connectivity index (χ0v) is 26.4. The van der Waals surface area contributed by atoms with Crippen molar-refractivity contribution in [2.75, 3.05) is 0 Å². The molecule has 0 saturated heterocycles. The molecule has 2 aromatic heterocycles. The standard InChI is InChI=1S/C36H38N4S2/c1-5-7-9-11-13-15-17-25-19-31-30(34-28(25)21-32(41-34)27(23-37)24-38)20-26(18-16-14-12-10-8-6-2)29-22-33(42-35(29)31)36(39-3)40-4/h19-22H,5-18H2,1-2H3. The normalized spacial score (nSPS) is 10.9. The van der Waals surface area contributed by atoms with Crippen LogP contribution in [-0.4, -0.2) is 0 Å². The number of thiophene rings is 2. The Morgan fingerprint density at radius 3 is 1.50 bits per heavy atom. The van der Waals surface area contributed by atoms with Gasteiger partial charge in [0.1, 0.15) is 35.4 Å². The van der Waals surface area contributed by atoms with Gasteiger partial charge in [-0.15, -0.1) is 22.7 Å². The molecule has 0 aliphatic rings. The summed E-state index contributed by atoms with van der Waals surface area (Å²) in [6.07, 6.45) is 16.6. The smallest absolute Gasteiger partial charge is 0.192 e. The zero-order chi connectivity index (χ0) is 29.9. The van der Waals surface area contributed by atoms with E-state index in [-0.39, 0.29) is 11.4 Å². The Labute approximate surface area is 257 Å². The summed E-state index contributed by atoms with van der Waals surface area (Å²) in [6.45, 7) is 19.6. The summed E-state index contributed by atoms with van der Waals surface area (Å²) in [5.74, 6) is 0.129. The number of hydrogen-bond acceptors (Lipinski definition) is 4. The lowest BCUT2D eigenvalue weighted by Gasteiger charge is -2.12. The maximum Gasteiger partial charge on any atom is 0.536 e. The third-order valence-electron chi connectivity index (χ3n) is 8.07. The molecule has 0 N–H and O–H groups in total. The van der Waals surface area contributed by atoms with Gasteiger partial charge < -0.3 is 0 Å². The summed E-state index contributed by atoms with van der Waals surface area (Å²) in [5.41, 5.74) is 2.68. The predicted molar refractivity (Wildman–Crippen MR) is 179 cm³/mol. The minimum Gasteiger partial charge on any atom is -0.192 e. The number of fused-ring (bicyclic) bond motifs is 5. The van der Waals surface area contributed by atoms with Crippen LogP contribution in [0.1, 0.15) is 102 Å². The van der Waals surface area contributed by atoms with Crippen molar-refractivity contribution < 1.29 is 0 Å². The molecule has 6 heteroatoms. The third-order valence-corrected chi connectivity index (χ3v) is 10.4. The summed E-state index contributed by atoms with van der Waals surface area (Å²) >= 11 is 3.10.